The van der Waals surface area contributed by atoms with Crippen molar-refractivity contribution in [2.45, 2.75) is 76.9 Å². The Bertz CT molecular complexity index is 3100. The zero-order valence-electron chi connectivity index (χ0n) is 38.5. The van der Waals surface area contributed by atoms with E-state index in [1.165, 1.54) is 39.2 Å². The first-order chi connectivity index (χ1) is 31.7. The van der Waals surface area contributed by atoms with Crippen molar-refractivity contribution in [1.29, 1.82) is 0 Å². The SMILES string of the molecule is CC1(C)c2cc(Br)ccc2N(c2cc(-c3cccnc3)cc(-c3cccnc3)c2)c2ccc(CC3(C)OB(c4ccc5c(c4)C(C)(C)c4ccccc4N5c4ccccc4)OC3(C)C)cc21. The Morgan fingerprint density at radius 2 is 1.05 bits per heavy atom. The van der Waals surface area contributed by atoms with E-state index in [0.717, 1.165) is 54.9 Å². The number of anilines is 6. The first-order valence-corrected chi connectivity index (χ1v) is 23.7. The Balaban J connectivity index is 0.967. The molecule has 326 valence electrons. The van der Waals surface area contributed by atoms with Crippen LogP contribution in [-0.2, 0) is 26.6 Å². The third-order valence-electron chi connectivity index (χ3n) is 14.6. The molecule has 1 fully saturated rings. The molecule has 6 nitrogen and oxygen atoms in total. The zero-order valence-corrected chi connectivity index (χ0v) is 40.1. The average molecular weight is 928 g/mol. The highest BCUT2D eigenvalue weighted by Crippen LogP contribution is 2.55. The Labute approximate surface area is 397 Å². The van der Waals surface area contributed by atoms with Crippen LogP contribution in [0.4, 0.5) is 34.1 Å². The second-order valence-corrected chi connectivity index (χ2v) is 20.7. The summed E-state index contributed by atoms with van der Waals surface area (Å²) >= 11 is 3.84. The van der Waals surface area contributed by atoms with Gasteiger partial charge in [-0.1, -0.05) is 116 Å². The monoisotopic (exact) mass is 926 g/mol. The molecule has 5 heterocycles. The second-order valence-electron chi connectivity index (χ2n) is 19.8. The molecule has 11 rings (SSSR count). The topological polar surface area (TPSA) is 50.7 Å². The van der Waals surface area contributed by atoms with Crippen molar-refractivity contribution in [1.82, 2.24) is 9.97 Å². The summed E-state index contributed by atoms with van der Waals surface area (Å²) in [4.78, 5) is 13.8. The lowest BCUT2D eigenvalue weighted by Crippen LogP contribution is -2.46. The smallest absolute Gasteiger partial charge is 0.399 e. The maximum absolute atomic E-state index is 7.20. The van der Waals surface area contributed by atoms with Gasteiger partial charge in [0, 0.05) is 69.0 Å². The highest BCUT2D eigenvalue weighted by atomic mass is 79.9. The third-order valence-corrected chi connectivity index (χ3v) is 15.1. The number of hydrogen-bond acceptors (Lipinski definition) is 6. The van der Waals surface area contributed by atoms with Crippen molar-refractivity contribution >= 4 is 62.6 Å². The molecule has 3 aliphatic heterocycles. The van der Waals surface area contributed by atoms with E-state index in [9.17, 15) is 0 Å². The van der Waals surface area contributed by atoms with Gasteiger partial charge in [-0.05, 0) is 144 Å². The molecule has 1 unspecified atom stereocenters. The van der Waals surface area contributed by atoms with Crippen LogP contribution < -0.4 is 15.3 Å². The van der Waals surface area contributed by atoms with Gasteiger partial charge in [-0.25, -0.2) is 0 Å². The van der Waals surface area contributed by atoms with Crippen LogP contribution in [0.5, 0.6) is 0 Å². The second kappa shape index (κ2) is 15.7. The fourth-order valence-electron chi connectivity index (χ4n) is 10.6. The molecule has 0 bridgehead atoms. The summed E-state index contributed by atoms with van der Waals surface area (Å²) in [5.74, 6) is 0. The predicted octanol–water partition coefficient (Wildman–Crippen LogP) is 14.3. The van der Waals surface area contributed by atoms with E-state index < -0.39 is 18.3 Å². The molecule has 0 N–H and O–H groups in total. The van der Waals surface area contributed by atoms with Gasteiger partial charge in [-0.3, -0.25) is 9.97 Å². The standard InChI is InChI=1S/C58H52BBrN4O2/c1-55(2)47-19-11-12-20-51(47)63(45-17-9-8-10-18-45)53-25-22-43(33-49(53)55)59-65-57(5,6)58(7,66-59)35-38-21-24-52-48(29-38)56(3,4)50-34-44(60)23-26-54(50)64(52)46-31-41(39-15-13-27-61-36-39)30-42(32-46)40-16-14-28-62-37-40/h8-34,36-37H,35H2,1-7H3. The molecule has 0 saturated carbocycles. The summed E-state index contributed by atoms with van der Waals surface area (Å²) in [6.45, 7) is 15.9. The molecule has 1 atom stereocenters. The van der Waals surface area contributed by atoms with Crippen LogP contribution in [0.1, 0.15) is 76.3 Å². The van der Waals surface area contributed by atoms with Crippen molar-refractivity contribution in [3.63, 3.8) is 0 Å². The minimum Gasteiger partial charge on any atom is -0.399 e. The molecule has 0 radical (unpaired) electrons. The maximum Gasteiger partial charge on any atom is 0.494 e. The summed E-state index contributed by atoms with van der Waals surface area (Å²) in [5.41, 5.74) is 16.6. The summed E-state index contributed by atoms with van der Waals surface area (Å²) in [5, 5.41) is 0. The van der Waals surface area contributed by atoms with Gasteiger partial charge in [-0.15, -0.1) is 0 Å². The number of aromatic nitrogens is 2. The van der Waals surface area contributed by atoms with Gasteiger partial charge in [0.25, 0.3) is 0 Å². The molecule has 1 saturated heterocycles. The van der Waals surface area contributed by atoms with Crippen molar-refractivity contribution in [3.05, 3.63) is 209 Å². The number of benzene rings is 6. The summed E-state index contributed by atoms with van der Waals surface area (Å²) in [6.07, 6.45) is 8.18. The van der Waals surface area contributed by atoms with E-state index in [4.69, 9.17) is 9.31 Å². The summed E-state index contributed by atoms with van der Waals surface area (Å²) < 4.78 is 15.2. The number of pyridine rings is 2. The maximum atomic E-state index is 7.20. The van der Waals surface area contributed by atoms with Gasteiger partial charge in [0.15, 0.2) is 0 Å². The first-order valence-electron chi connectivity index (χ1n) is 22.9. The molecule has 2 aromatic heterocycles. The zero-order chi connectivity index (χ0) is 45.6. The highest BCUT2D eigenvalue weighted by molar-refractivity contribution is 9.10. The van der Waals surface area contributed by atoms with Gasteiger partial charge in [0.1, 0.15) is 0 Å². The quantitative estimate of drug-likeness (QED) is 0.148. The molecule has 66 heavy (non-hydrogen) atoms. The Kier molecular flexibility index (Phi) is 10.0. The van der Waals surface area contributed by atoms with Crippen molar-refractivity contribution in [3.8, 4) is 22.3 Å². The Morgan fingerprint density at radius 3 is 1.71 bits per heavy atom. The normalized spacial score (nSPS) is 18.6. The van der Waals surface area contributed by atoms with E-state index in [2.05, 4.69) is 224 Å². The van der Waals surface area contributed by atoms with Crippen LogP contribution in [0.15, 0.2) is 181 Å². The lowest BCUT2D eigenvalue weighted by Gasteiger charge is -2.43. The number of halogens is 1. The minimum atomic E-state index is -0.643. The number of fused-ring (bicyclic) bond motifs is 4. The fraction of sp³-hybridized carbons (Fsp3) is 0.207. The van der Waals surface area contributed by atoms with Gasteiger partial charge >= 0.3 is 7.12 Å². The van der Waals surface area contributed by atoms with Crippen LogP contribution in [-0.4, -0.2) is 28.3 Å². The molecule has 6 aromatic carbocycles. The largest absolute Gasteiger partial charge is 0.494 e. The van der Waals surface area contributed by atoms with E-state index in [1.807, 2.05) is 36.9 Å². The van der Waals surface area contributed by atoms with Gasteiger partial charge in [0.05, 0.1) is 34.0 Å². The van der Waals surface area contributed by atoms with Crippen LogP contribution in [0.25, 0.3) is 22.3 Å². The van der Waals surface area contributed by atoms with Crippen molar-refractivity contribution < 1.29 is 9.31 Å². The molecule has 8 aromatic rings. The number of para-hydroxylation sites is 2. The Morgan fingerprint density at radius 1 is 0.485 bits per heavy atom. The van der Waals surface area contributed by atoms with Crippen LogP contribution in [0, 0.1) is 0 Å². The molecule has 8 heteroatoms. The van der Waals surface area contributed by atoms with Crippen LogP contribution in [0.2, 0.25) is 0 Å². The Hall–Kier alpha value is -6.32. The minimum absolute atomic E-state index is 0.247. The highest BCUT2D eigenvalue weighted by Gasteiger charge is 2.55. The fourth-order valence-corrected chi connectivity index (χ4v) is 10.9. The molecular formula is C58H52BBrN4O2. The van der Waals surface area contributed by atoms with E-state index in [0.29, 0.717) is 6.42 Å². The molecule has 0 spiro atoms. The molecule has 0 amide bonds. The third kappa shape index (κ3) is 6.92. The first kappa shape index (κ1) is 42.3. The molecular weight excluding hydrogens is 875 g/mol. The van der Waals surface area contributed by atoms with E-state index in [-0.39, 0.29) is 10.8 Å². The van der Waals surface area contributed by atoms with E-state index >= 15 is 0 Å². The van der Waals surface area contributed by atoms with Gasteiger partial charge in [-0.2, -0.15) is 0 Å². The van der Waals surface area contributed by atoms with Gasteiger partial charge in [0.2, 0.25) is 0 Å². The molecule has 0 aliphatic carbocycles. The van der Waals surface area contributed by atoms with E-state index in [1.54, 1.807) is 0 Å². The lowest BCUT2D eigenvalue weighted by atomic mass is 9.69. The van der Waals surface area contributed by atoms with Crippen molar-refractivity contribution in [2.75, 3.05) is 9.80 Å². The molecule has 3 aliphatic rings. The summed E-state index contributed by atoms with van der Waals surface area (Å²) in [7, 11) is -0.539. The van der Waals surface area contributed by atoms with Crippen molar-refractivity contribution in [2.24, 2.45) is 0 Å². The number of rotatable bonds is 7. The summed E-state index contributed by atoms with van der Waals surface area (Å²) in [6, 6.07) is 54.9. The number of nitrogens with zero attached hydrogens (tertiary/aromatic N) is 4. The van der Waals surface area contributed by atoms with Crippen LogP contribution >= 0.6 is 15.9 Å². The van der Waals surface area contributed by atoms with Gasteiger partial charge < -0.3 is 19.1 Å². The average Bonchev–Trinajstić information content (AvgIpc) is 3.57. The number of hydrogen-bond donors (Lipinski definition) is 0. The predicted molar refractivity (Wildman–Crippen MR) is 274 cm³/mol. The lowest BCUT2D eigenvalue weighted by molar-refractivity contribution is -0.00878. The van der Waals surface area contributed by atoms with Crippen LogP contribution in [0.3, 0.4) is 0 Å².